The molecule has 0 saturated heterocycles. The van der Waals surface area contributed by atoms with Gasteiger partial charge in [0.1, 0.15) is 5.76 Å². The molecule has 0 spiro atoms. The Morgan fingerprint density at radius 3 is 2.29 bits per heavy atom. The zero-order chi connectivity index (χ0) is 24.8. The highest BCUT2D eigenvalue weighted by molar-refractivity contribution is 7.98. The number of alkyl halides is 3. The second kappa shape index (κ2) is 8.60. The molecule has 2 N–H and O–H groups in total. The van der Waals surface area contributed by atoms with Crippen LogP contribution in [-0.4, -0.2) is 27.4 Å². The van der Waals surface area contributed by atoms with E-state index in [9.17, 15) is 23.1 Å². The van der Waals surface area contributed by atoms with Gasteiger partial charge in [0.25, 0.3) is 0 Å². The van der Waals surface area contributed by atoms with Crippen molar-refractivity contribution in [1.82, 2.24) is 15.3 Å². The number of nitrogens with zero attached hydrogens (tertiary/aromatic N) is 2. The highest BCUT2D eigenvalue weighted by Gasteiger charge is 2.41. The molecule has 0 bridgehead atoms. The van der Waals surface area contributed by atoms with Crippen LogP contribution in [0.3, 0.4) is 0 Å². The normalized spacial score (nSPS) is 15.1. The summed E-state index contributed by atoms with van der Waals surface area (Å²) in [5.74, 6) is 0.240. The van der Waals surface area contributed by atoms with E-state index in [1.54, 1.807) is 60.9 Å². The Kier molecular flexibility index (Phi) is 5.71. The van der Waals surface area contributed by atoms with Gasteiger partial charge in [-0.2, -0.15) is 18.2 Å². The van der Waals surface area contributed by atoms with E-state index in [0.717, 1.165) is 23.7 Å². The van der Waals surface area contributed by atoms with Gasteiger partial charge >= 0.3 is 12.3 Å². The van der Waals surface area contributed by atoms with Gasteiger partial charge in [0, 0.05) is 11.1 Å². The van der Waals surface area contributed by atoms with Gasteiger partial charge in [0.05, 0.1) is 10.9 Å². The average molecular weight is 500 g/mol. The summed E-state index contributed by atoms with van der Waals surface area (Å²) in [5, 5.41) is 11.6. The number of aromatic nitrogens is 2. The van der Waals surface area contributed by atoms with Crippen LogP contribution >= 0.6 is 11.8 Å². The fourth-order valence-electron chi connectivity index (χ4n) is 4.52. The molecular weight excluding hydrogens is 479 g/mol. The van der Waals surface area contributed by atoms with Crippen molar-refractivity contribution in [2.75, 3.05) is 6.26 Å². The van der Waals surface area contributed by atoms with E-state index in [1.807, 2.05) is 0 Å². The maximum atomic E-state index is 14.1. The van der Waals surface area contributed by atoms with Crippen molar-refractivity contribution >= 4 is 29.0 Å². The van der Waals surface area contributed by atoms with Gasteiger partial charge in [-0.25, -0.2) is 9.78 Å². The monoisotopic (exact) mass is 499 g/mol. The number of hydrogen-bond acceptors (Lipinski definition) is 5. The van der Waals surface area contributed by atoms with Crippen LogP contribution in [0.25, 0.3) is 33.6 Å². The smallest absolute Gasteiger partial charge is 0.434 e. The quantitative estimate of drug-likeness (QED) is 0.228. The molecule has 1 aliphatic rings. The van der Waals surface area contributed by atoms with E-state index in [4.69, 9.17) is 4.42 Å². The van der Waals surface area contributed by atoms with Crippen LogP contribution in [-0.2, 0) is 11.7 Å². The summed E-state index contributed by atoms with van der Waals surface area (Å²) in [6.07, 6.45) is -1.94. The molecule has 6 nitrogen and oxygen atoms in total. The van der Waals surface area contributed by atoms with Crippen LogP contribution in [0, 0.1) is 0 Å². The van der Waals surface area contributed by atoms with Crippen molar-refractivity contribution in [2.24, 2.45) is 0 Å². The maximum absolute atomic E-state index is 14.1. The summed E-state index contributed by atoms with van der Waals surface area (Å²) in [7, 11) is 0. The van der Waals surface area contributed by atoms with Crippen molar-refractivity contribution in [1.29, 1.82) is 0 Å². The number of benzene rings is 2. The molecule has 0 atom stereocenters. The minimum absolute atomic E-state index is 0.0354. The van der Waals surface area contributed by atoms with Crippen LogP contribution in [0.5, 0.6) is 0 Å². The molecule has 2 heterocycles. The van der Waals surface area contributed by atoms with Gasteiger partial charge in [-0.15, -0.1) is 0 Å². The summed E-state index contributed by atoms with van der Waals surface area (Å²) >= 11 is 1.00. The second-order valence-electron chi connectivity index (χ2n) is 8.35. The Hall–Kier alpha value is -3.53. The van der Waals surface area contributed by atoms with Crippen molar-refractivity contribution < 1.29 is 27.5 Å². The standard InChI is InChI=1S/C25H20F3N3O3S/c1-35-22-29-20(25(26,27)28)18-17(14-6-3-2-4-7-14)19(34-21(18)30-22)15-8-10-16(11-9-15)24(12-5-13-24)31-23(32)33/h2-4,6-11,31H,5,12-13H2,1H3,(H,32,33). The van der Waals surface area contributed by atoms with Crippen LogP contribution < -0.4 is 5.32 Å². The molecule has 1 saturated carbocycles. The topological polar surface area (TPSA) is 88.2 Å². The zero-order valence-electron chi connectivity index (χ0n) is 18.5. The lowest BCUT2D eigenvalue weighted by molar-refractivity contribution is -0.140. The molecule has 1 amide bonds. The number of nitrogens with one attached hydrogen (secondary N) is 1. The first-order chi connectivity index (χ1) is 16.7. The summed E-state index contributed by atoms with van der Waals surface area (Å²) in [4.78, 5) is 19.3. The third-order valence-electron chi connectivity index (χ3n) is 6.30. The minimum Gasteiger partial charge on any atom is -0.465 e. The number of fused-ring (bicyclic) bond motifs is 1. The first-order valence-corrected chi connectivity index (χ1v) is 12.1. The largest absolute Gasteiger partial charge is 0.465 e. The number of carboxylic acid groups (broad SMARTS) is 1. The predicted octanol–water partition coefficient (Wildman–Crippen LogP) is 6.94. The fraction of sp³-hybridized carbons (Fsp3) is 0.240. The molecule has 1 fully saturated rings. The molecule has 0 radical (unpaired) electrons. The van der Waals surface area contributed by atoms with Crippen LogP contribution in [0.1, 0.15) is 30.5 Å². The number of furan rings is 1. The zero-order valence-corrected chi connectivity index (χ0v) is 19.3. The van der Waals surface area contributed by atoms with Gasteiger partial charge in [0.15, 0.2) is 10.9 Å². The summed E-state index contributed by atoms with van der Waals surface area (Å²) in [6, 6.07) is 15.7. The summed E-state index contributed by atoms with van der Waals surface area (Å²) in [6.45, 7) is 0. The Morgan fingerprint density at radius 2 is 1.74 bits per heavy atom. The number of thioether (sulfide) groups is 1. The molecule has 2 aromatic heterocycles. The van der Waals surface area contributed by atoms with Gasteiger partial charge < -0.3 is 14.8 Å². The van der Waals surface area contributed by atoms with Gasteiger partial charge in [-0.1, -0.05) is 66.4 Å². The van der Waals surface area contributed by atoms with E-state index < -0.39 is 23.5 Å². The SMILES string of the molecule is CSc1nc(C(F)(F)F)c2c(-c3ccccc3)c(-c3ccc(C4(NC(=O)O)CCC4)cc3)oc2n1. The number of halogens is 3. The van der Waals surface area contributed by atoms with E-state index in [1.165, 1.54) is 0 Å². The van der Waals surface area contributed by atoms with E-state index in [0.29, 0.717) is 24.0 Å². The highest BCUT2D eigenvalue weighted by atomic mass is 32.2. The molecule has 5 rings (SSSR count). The van der Waals surface area contributed by atoms with Crippen LogP contribution in [0.2, 0.25) is 0 Å². The Bertz CT molecular complexity index is 1400. The molecule has 10 heteroatoms. The van der Waals surface area contributed by atoms with E-state index in [-0.39, 0.29) is 27.6 Å². The Balaban J connectivity index is 1.72. The van der Waals surface area contributed by atoms with Crippen molar-refractivity contribution in [3.63, 3.8) is 0 Å². The first kappa shape index (κ1) is 23.2. The van der Waals surface area contributed by atoms with Gasteiger partial charge in [-0.05, 0) is 36.6 Å². The van der Waals surface area contributed by atoms with E-state index in [2.05, 4.69) is 15.3 Å². The lowest BCUT2D eigenvalue weighted by atomic mass is 9.71. The van der Waals surface area contributed by atoms with Gasteiger partial charge in [0.2, 0.25) is 5.71 Å². The Morgan fingerprint density at radius 1 is 1.06 bits per heavy atom. The fourth-order valence-corrected chi connectivity index (χ4v) is 4.88. The molecule has 180 valence electrons. The van der Waals surface area contributed by atoms with E-state index >= 15 is 0 Å². The molecule has 2 aromatic carbocycles. The van der Waals surface area contributed by atoms with Crippen LogP contribution in [0.15, 0.2) is 64.2 Å². The molecule has 1 aliphatic carbocycles. The predicted molar refractivity (Wildman–Crippen MR) is 126 cm³/mol. The number of amides is 1. The maximum Gasteiger partial charge on any atom is 0.434 e. The van der Waals surface area contributed by atoms with Crippen molar-refractivity contribution in [2.45, 2.75) is 36.1 Å². The third-order valence-corrected chi connectivity index (χ3v) is 6.85. The number of rotatable bonds is 5. The summed E-state index contributed by atoms with van der Waals surface area (Å²) < 4.78 is 48.2. The first-order valence-electron chi connectivity index (χ1n) is 10.8. The molecule has 0 aliphatic heterocycles. The average Bonchev–Trinajstić information content (AvgIpc) is 3.20. The minimum atomic E-state index is -4.71. The van der Waals surface area contributed by atoms with Crippen LogP contribution in [0.4, 0.5) is 18.0 Å². The molecule has 4 aromatic rings. The van der Waals surface area contributed by atoms with Crippen molar-refractivity contribution in [3.05, 3.63) is 65.9 Å². The van der Waals surface area contributed by atoms with Crippen molar-refractivity contribution in [3.8, 4) is 22.5 Å². The van der Waals surface area contributed by atoms with Gasteiger partial charge in [-0.3, -0.25) is 0 Å². The summed E-state index contributed by atoms with van der Waals surface area (Å²) in [5.41, 5.74) is 0.313. The molecule has 0 unspecified atom stereocenters. The number of carbonyl (C=O) groups is 1. The molecule has 35 heavy (non-hydrogen) atoms. The Labute approximate surface area is 202 Å². The lowest BCUT2D eigenvalue weighted by Crippen LogP contribution is -2.50. The number of hydrogen-bond donors (Lipinski definition) is 2. The molecular formula is C25H20F3N3O3S. The highest BCUT2D eigenvalue weighted by Crippen LogP contribution is 2.46. The lowest BCUT2D eigenvalue weighted by Gasteiger charge is -2.42. The second-order valence-corrected chi connectivity index (χ2v) is 9.13. The third kappa shape index (κ3) is 4.12.